The van der Waals surface area contributed by atoms with E-state index in [1.54, 1.807) is 0 Å². The van der Waals surface area contributed by atoms with Crippen LogP contribution in [0.15, 0.2) is 54.6 Å². The smallest absolute Gasteiger partial charge is 0.251 e. The molecule has 0 radical (unpaired) electrons. The van der Waals surface area contributed by atoms with E-state index in [9.17, 15) is 4.79 Å². The number of hydrogen-bond acceptors (Lipinski definition) is 2. The lowest BCUT2D eigenvalue weighted by Gasteiger charge is -2.10. The highest BCUT2D eigenvalue weighted by molar-refractivity contribution is 5.95. The van der Waals surface area contributed by atoms with Gasteiger partial charge in [0.15, 0.2) is 0 Å². The molecular weight excluding hydrogens is 296 g/mol. The first-order chi connectivity index (χ1) is 10.3. The summed E-state index contributed by atoms with van der Waals surface area (Å²) < 4.78 is 0. The monoisotopic (exact) mass is 318 g/mol. The predicted molar refractivity (Wildman–Crippen MR) is 93.8 cm³/mol. The Hall–Kier alpha value is -1.84. The van der Waals surface area contributed by atoms with Crippen LogP contribution in [0.5, 0.6) is 0 Å². The number of rotatable bonds is 7. The van der Waals surface area contributed by atoms with Crippen molar-refractivity contribution in [1.29, 1.82) is 0 Å². The number of halogens is 1. The minimum Gasteiger partial charge on any atom is -0.352 e. The van der Waals surface area contributed by atoms with Crippen LogP contribution in [0.3, 0.4) is 0 Å². The number of carbonyl (C=O) groups excluding carboxylic acids is 1. The van der Waals surface area contributed by atoms with E-state index in [0.717, 1.165) is 30.5 Å². The molecule has 3 nitrogen and oxygen atoms in total. The van der Waals surface area contributed by atoms with Gasteiger partial charge in [0.25, 0.3) is 5.91 Å². The Morgan fingerprint density at radius 3 is 2.36 bits per heavy atom. The van der Waals surface area contributed by atoms with Crippen LogP contribution in [0.4, 0.5) is 0 Å². The third kappa shape index (κ3) is 5.51. The molecule has 2 aromatic rings. The molecule has 0 unspecified atom stereocenters. The van der Waals surface area contributed by atoms with E-state index in [1.165, 1.54) is 5.56 Å². The van der Waals surface area contributed by atoms with Crippen LogP contribution >= 0.6 is 12.4 Å². The zero-order valence-corrected chi connectivity index (χ0v) is 13.7. The van der Waals surface area contributed by atoms with Gasteiger partial charge in [0.1, 0.15) is 0 Å². The number of carbonyl (C=O) groups is 1. The minimum absolute atomic E-state index is 0. The molecule has 0 aliphatic carbocycles. The average Bonchev–Trinajstić information content (AvgIpc) is 2.53. The summed E-state index contributed by atoms with van der Waals surface area (Å²) >= 11 is 0. The van der Waals surface area contributed by atoms with E-state index >= 15 is 0 Å². The molecule has 2 rings (SSSR count). The van der Waals surface area contributed by atoms with Gasteiger partial charge in [-0.25, -0.2) is 0 Å². The molecule has 2 aromatic carbocycles. The van der Waals surface area contributed by atoms with Crippen molar-refractivity contribution in [1.82, 2.24) is 10.6 Å². The van der Waals surface area contributed by atoms with Crippen LogP contribution in [-0.2, 0) is 6.42 Å². The normalized spacial score (nSPS) is 9.86. The zero-order valence-electron chi connectivity index (χ0n) is 12.8. The molecule has 22 heavy (non-hydrogen) atoms. The summed E-state index contributed by atoms with van der Waals surface area (Å²) in [5.41, 5.74) is 3.05. The molecular formula is C18H23ClN2O. The summed E-state index contributed by atoms with van der Waals surface area (Å²) in [6.07, 6.45) is 1.71. The zero-order chi connectivity index (χ0) is 14.9. The Morgan fingerprint density at radius 1 is 0.955 bits per heavy atom. The van der Waals surface area contributed by atoms with Gasteiger partial charge >= 0.3 is 0 Å². The largest absolute Gasteiger partial charge is 0.352 e. The molecule has 0 aliphatic rings. The van der Waals surface area contributed by atoms with E-state index in [2.05, 4.69) is 22.8 Å². The van der Waals surface area contributed by atoms with Crippen molar-refractivity contribution in [2.45, 2.75) is 12.8 Å². The van der Waals surface area contributed by atoms with Crippen LogP contribution in [0.2, 0.25) is 0 Å². The minimum atomic E-state index is 0. The highest BCUT2D eigenvalue weighted by Gasteiger charge is 2.10. The highest BCUT2D eigenvalue weighted by atomic mass is 35.5. The Balaban J connectivity index is 0.00000242. The third-order valence-corrected chi connectivity index (χ3v) is 3.39. The molecule has 0 saturated heterocycles. The van der Waals surface area contributed by atoms with Crippen LogP contribution in [0.25, 0.3) is 0 Å². The number of hydrogen-bond donors (Lipinski definition) is 2. The lowest BCUT2D eigenvalue weighted by molar-refractivity contribution is 0.0952. The lowest BCUT2D eigenvalue weighted by Crippen LogP contribution is -2.27. The Bertz CT molecular complexity index is 572. The fourth-order valence-electron chi connectivity index (χ4n) is 2.27. The second kappa shape index (κ2) is 9.98. The molecule has 0 atom stereocenters. The van der Waals surface area contributed by atoms with Crippen molar-refractivity contribution in [3.8, 4) is 0 Å². The maximum atomic E-state index is 12.3. The first kappa shape index (κ1) is 18.2. The van der Waals surface area contributed by atoms with Crippen molar-refractivity contribution in [2.75, 3.05) is 20.1 Å². The van der Waals surface area contributed by atoms with Gasteiger partial charge in [-0.15, -0.1) is 12.4 Å². The molecule has 0 aromatic heterocycles. The molecule has 0 aliphatic heterocycles. The third-order valence-electron chi connectivity index (χ3n) is 3.39. The van der Waals surface area contributed by atoms with Crippen molar-refractivity contribution in [2.24, 2.45) is 0 Å². The topological polar surface area (TPSA) is 41.1 Å². The second-order valence-electron chi connectivity index (χ2n) is 5.03. The summed E-state index contributed by atoms with van der Waals surface area (Å²) in [6, 6.07) is 18.0. The van der Waals surface area contributed by atoms with Gasteiger partial charge < -0.3 is 10.6 Å². The molecule has 1 amide bonds. The SMILES string of the molecule is CNCCCNC(=O)c1ccccc1Cc1ccccc1.Cl. The van der Waals surface area contributed by atoms with Gasteiger partial charge in [0.2, 0.25) is 0 Å². The van der Waals surface area contributed by atoms with Gasteiger partial charge in [-0.3, -0.25) is 4.79 Å². The van der Waals surface area contributed by atoms with Gasteiger partial charge in [-0.05, 0) is 43.6 Å². The molecule has 0 heterocycles. The number of benzene rings is 2. The molecule has 118 valence electrons. The second-order valence-corrected chi connectivity index (χ2v) is 5.03. The first-order valence-corrected chi connectivity index (χ1v) is 7.36. The van der Waals surface area contributed by atoms with Crippen molar-refractivity contribution in [3.05, 3.63) is 71.3 Å². The lowest BCUT2D eigenvalue weighted by atomic mass is 9.99. The van der Waals surface area contributed by atoms with Gasteiger partial charge in [0, 0.05) is 12.1 Å². The van der Waals surface area contributed by atoms with E-state index < -0.39 is 0 Å². The van der Waals surface area contributed by atoms with E-state index in [1.807, 2.05) is 49.5 Å². The molecule has 2 N–H and O–H groups in total. The Kier molecular flexibility index (Phi) is 8.26. The Morgan fingerprint density at radius 2 is 1.64 bits per heavy atom. The summed E-state index contributed by atoms with van der Waals surface area (Å²) in [7, 11) is 1.91. The molecule has 0 saturated carbocycles. The maximum Gasteiger partial charge on any atom is 0.251 e. The number of amides is 1. The van der Waals surface area contributed by atoms with Crippen LogP contribution in [0, 0.1) is 0 Å². The molecule has 0 bridgehead atoms. The standard InChI is InChI=1S/C18H22N2O.ClH/c1-19-12-7-13-20-18(21)17-11-6-5-10-16(17)14-15-8-3-2-4-9-15;/h2-6,8-11,19H,7,12-14H2,1H3,(H,20,21);1H. The van der Waals surface area contributed by atoms with E-state index in [4.69, 9.17) is 0 Å². The fourth-order valence-corrected chi connectivity index (χ4v) is 2.27. The number of nitrogens with one attached hydrogen (secondary N) is 2. The van der Waals surface area contributed by atoms with Gasteiger partial charge in [-0.1, -0.05) is 48.5 Å². The van der Waals surface area contributed by atoms with Gasteiger partial charge in [0.05, 0.1) is 0 Å². The van der Waals surface area contributed by atoms with E-state index in [-0.39, 0.29) is 18.3 Å². The fraction of sp³-hybridized carbons (Fsp3) is 0.278. The quantitative estimate of drug-likeness (QED) is 0.770. The van der Waals surface area contributed by atoms with Crippen LogP contribution in [-0.4, -0.2) is 26.0 Å². The van der Waals surface area contributed by atoms with Crippen molar-refractivity contribution >= 4 is 18.3 Å². The van der Waals surface area contributed by atoms with Crippen molar-refractivity contribution in [3.63, 3.8) is 0 Å². The molecule has 4 heteroatoms. The molecule has 0 fully saturated rings. The summed E-state index contributed by atoms with van der Waals surface area (Å²) in [4.78, 5) is 12.3. The Labute approximate surface area is 138 Å². The predicted octanol–water partition coefficient (Wildman–Crippen LogP) is 3.04. The van der Waals surface area contributed by atoms with E-state index in [0.29, 0.717) is 6.54 Å². The summed E-state index contributed by atoms with van der Waals surface area (Å²) in [6.45, 7) is 1.60. The molecule has 0 spiro atoms. The maximum absolute atomic E-state index is 12.3. The van der Waals surface area contributed by atoms with Gasteiger partial charge in [-0.2, -0.15) is 0 Å². The average molecular weight is 319 g/mol. The van der Waals surface area contributed by atoms with Crippen LogP contribution in [0.1, 0.15) is 27.9 Å². The first-order valence-electron chi connectivity index (χ1n) is 7.36. The summed E-state index contributed by atoms with van der Waals surface area (Å²) in [5, 5.41) is 6.05. The highest BCUT2D eigenvalue weighted by Crippen LogP contribution is 2.14. The van der Waals surface area contributed by atoms with Crippen molar-refractivity contribution < 1.29 is 4.79 Å². The van der Waals surface area contributed by atoms with Crippen LogP contribution < -0.4 is 10.6 Å². The summed E-state index contributed by atoms with van der Waals surface area (Å²) in [5.74, 6) is 0.0117.